The minimum absolute atomic E-state index is 0.946. The van der Waals surface area contributed by atoms with Gasteiger partial charge in [-0.25, -0.2) is 0 Å². The smallest absolute Gasteiger partial charge is 0.0468 e. The fraction of sp³-hybridized carbons (Fsp3) is 1.00. The van der Waals surface area contributed by atoms with Crippen molar-refractivity contribution in [1.82, 2.24) is 10.2 Å². The summed E-state index contributed by atoms with van der Waals surface area (Å²) in [6.07, 6.45) is 5.38. The van der Waals surface area contributed by atoms with Gasteiger partial charge in [-0.2, -0.15) is 0 Å². The van der Waals surface area contributed by atoms with Crippen LogP contribution in [0, 0.1) is 5.92 Å². The van der Waals surface area contributed by atoms with Crippen molar-refractivity contribution in [1.29, 1.82) is 0 Å². The lowest BCUT2D eigenvalue weighted by atomic mass is 9.95. The average molecular weight is 212 g/mol. The first-order valence-corrected chi connectivity index (χ1v) is 6.46. The maximum Gasteiger partial charge on any atom is 0.0468 e. The van der Waals surface area contributed by atoms with Crippen molar-refractivity contribution in [2.24, 2.45) is 5.92 Å². The van der Waals surface area contributed by atoms with E-state index in [9.17, 15) is 0 Å². The lowest BCUT2D eigenvalue weighted by Crippen LogP contribution is -2.43. The Bertz CT molecular complexity index is 145. The van der Waals surface area contributed by atoms with Crippen molar-refractivity contribution in [3.05, 3.63) is 0 Å². The summed E-state index contributed by atoms with van der Waals surface area (Å²) in [5, 5.41) is 3.40. The minimum Gasteiger partial charge on any atom is -0.381 e. The molecule has 0 amide bonds. The fourth-order valence-corrected chi connectivity index (χ4v) is 2.57. The predicted octanol–water partition coefficient (Wildman–Crippen LogP) is 1.10. The van der Waals surface area contributed by atoms with Crippen molar-refractivity contribution < 1.29 is 4.74 Å². The molecule has 3 heteroatoms. The molecule has 2 rings (SSSR count). The largest absolute Gasteiger partial charge is 0.381 e. The van der Waals surface area contributed by atoms with E-state index in [1.165, 1.54) is 58.4 Å². The van der Waals surface area contributed by atoms with Gasteiger partial charge in [0.15, 0.2) is 0 Å². The zero-order valence-electron chi connectivity index (χ0n) is 9.71. The molecule has 0 aliphatic carbocycles. The quantitative estimate of drug-likeness (QED) is 0.755. The molecule has 2 fully saturated rings. The van der Waals surface area contributed by atoms with Gasteiger partial charge in [0.2, 0.25) is 0 Å². The summed E-state index contributed by atoms with van der Waals surface area (Å²) in [6, 6.07) is 0. The van der Waals surface area contributed by atoms with Crippen LogP contribution in [0.1, 0.15) is 25.7 Å². The Morgan fingerprint density at radius 2 is 1.87 bits per heavy atom. The molecule has 0 aromatic rings. The van der Waals surface area contributed by atoms with Gasteiger partial charge in [0.1, 0.15) is 0 Å². The molecular formula is C12H24N2O. The summed E-state index contributed by atoms with van der Waals surface area (Å²) in [5.41, 5.74) is 0. The van der Waals surface area contributed by atoms with E-state index in [0.29, 0.717) is 0 Å². The summed E-state index contributed by atoms with van der Waals surface area (Å²) in [7, 11) is 0. The molecule has 2 aliphatic heterocycles. The van der Waals surface area contributed by atoms with E-state index < -0.39 is 0 Å². The molecule has 0 atom stereocenters. The number of hydrogen-bond donors (Lipinski definition) is 1. The van der Waals surface area contributed by atoms with E-state index in [-0.39, 0.29) is 0 Å². The van der Waals surface area contributed by atoms with Crippen molar-refractivity contribution >= 4 is 0 Å². The number of hydrogen-bond acceptors (Lipinski definition) is 3. The molecule has 2 heterocycles. The lowest BCUT2D eigenvalue weighted by Gasteiger charge is -2.28. The van der Waals surface area contributed by atoms with Crippen LogP contribution in [0.15, 0.2) is 0 Å². The molecule has 2 saturated heterocycles. The van der Waals surface area contributed by atoms with Crippen molar-refractivity contribution in [2.75, 3.05) is 45.9 Å². The summed E-state index contributed by atoms with van der Waals surface area (Å²) >= 11 is 0. The highest BCUT2D eigenvalue weighted by Crippen LogP contribution is 2.20. The number of nitrogens with zero attached hydrogens (tertiary/aromatic N) is 1. The van der Waals surface area contributed by atoms with Gasteiger partial charge in [-0.05, 0) is 38.1 Å². The van der Waals surface area contributed by atoms with Crippen LogP contribution in [-0.2, 0) is 4.74 Å². The third kappa shape index (κ3) is 4.09. The predicted molar refractivity (Wildman–Crippen MR) is 62.1 cm³/mol. The fourth-order valence-electron chi connectivity index (χ4n) is 2.57. The first kappa shape index (κ1) is 11.4. The van der Waals surface area contributed by atoms with Crippen molar-refractivity contribution in [3.63, 3.8) is 0 Å². The molecule has 0 saturated carbocycles. The van der Waals surface area contributed by atoms with Crippen LogP contribution in [-0.4, -0.2) is 50.8 Å². The van der Waals surface area contributed by atoms with Gasteiger partial charge in [0.05, 0.1) is 0 Å². The molecule has 0 aromatic heterocycles. The Morgan fingerprint density at radius 3 is 2.60 bits per heavy atom. The summed E-state index contributed by atoms with van der Waals surface area (Å²) in [6.45, 7) is 8.14. The summed E-state index contributed by atoms with van der Waals surface area (Å²) in [5.74, 6) is 0.946. The van der Waals surface area contributed by atoms with Gasteiger partial charge in [-0.1, -0.05) is 0 Å². The maximum atomic E-state index is 5.38. The number of rotatable bonds is 4. The van der Waals surface area contributed by atoms with Gasteiger partial charge < -0.3 is 15.0 Å². The van der Waals surface area contributed by atoms with E-state index in [0.717, 1.165) is 19.1 Å². The van der Waals surface area contributed by atoms with Crippen molar-refractivity contribution in [2.45, 2.75) is 25.7 Å². The summed E-state index contributed by atoms with van der Waals surface area (Å²) in [4.78, 5) is 2.59. The van der Waals surface area contributed by atoms with Crippen LogP contribution in [0.2, 0.25) is 0 Å². The second-order valence-electron chi connectivity index (χ2n) is 4.79. The van der Waals surface area contributed by atoms with Gasteiger partial charge >= 0.3 is 0 Å². The molecule has 0 radical (unpaired) electrons. The Morgan fingerprint density at radius 1 is 1.13 bits per heavy atom. The molecule has 88 valence electrons. The van der Waals surface area contributed by atoms with Crippen LogP contribution in [0.5, 0.6) is 0 Å². The average Bonchev–Trinajstić information content (AvgIpc) is 2.32. The highest BCUT2D eigenvalue weighted by molar-refractivity contribution is 4.69. The molecule has 15 heavy (non-hydrogen) atoms. The van der Waals surface area contributed by atoms with Gasteiger partial charge in [0.25, 0.3) is 0 Å². The summed E-state index contributed by atoms with van der Waals surface area (Å²) < 4.78 is 5.38. The normalized spacial score (nSPS) is 25.6. The molecular weight excluding hydrogens is 188 g/mol. The SMILES string of the molecule is C(CC1CCOCC1)CN1CCNCC1. The lowest BCUT2D eigenvalue weighted by molar-refractivity contribution is 0.0621. The second kappa shape index (κ2) is 6.46. The Kier molecular flexibility index (Phi) is 4.90. The van der Waals surface area contributed by atoms with Crippen molar-refractivity contribution in [3.8, 4) is 0 Å². The molecule has 3 nitrogen and oxygen atoms in total. The topological polar surface area (TPSA) is 24.5 Å². The standard InChI is InChI=1S/C12H24N2O/c1(2-12-3-10-15-11-4-12)7-14-8-5-13-6-9-14/h12-13H,1-11H2. The molecule has 0 spiro atoms. The molecule has 0 unspecified atom stereocenters. The Balaban J connectivity index is 1.53. The number of ether oxygens (including phenoxy) is 1. The van der Waals surface area contributed by atoms with Crippen LogP contribution >= 0.6 is 0 Å². The van der Waals surface area contributed by atoms with Gasteiger partial charge in [0, 0.05) is 39.4 Å². The zero-order valence-corrected chi connectivity index (χ0v) is 9.71. The maximum absolute atomic E-state index is 5.38. The highest BCUT2D eigenvalue weighted by atomic mass is 16.5. The van der Waals surface area contributed by atoms with Gasteiger partial charge in [-0.3, -0.25) is 0 Å². The van der Waals surface area contributed by atoms with Crippen LogP contribution in [0.25, 0.3) is 0 Å². The van der Waals surface area contributed by atoms with E-state index in [4.69, 9.17) is 4.74 Å². The monoisotopic (exact) mass is 212 g/mol. The van der Waals surface area contributed by atoms with Crippen LogP contribution in [0.3, 0.4) is 0 Å². The van der Waals surface area contributed by atoms with E-state index >= 15 is 0 Å². The third-order valence-electron chi connectivity index (χ3n) is 3.64. The van der Waals surface area contributed by atoms with E-state index in [1.54, 1.807) is 0 Å². The van der Waals surface area contributed by atoms with E-state index in [1.807, 2.05) is 0 Å². The van der Waals surface area contributed by atoms with Gasteiger partial charge in [-0.15, -0.1) is 0 Å². The highest BCUT2D eigenvalue weighted by Gasteiger charge is 2.14. The first-order valence-electron chi connectivity index (χ1n) is 6.46. The number of piperazine rings is 1. The third-order valence-corrected chi connectivity index (χ3v) is 3.64. The minimum atomic E-state index is 0.946. The zero-order chi connectivity index (χ0) is 10.3. The van der Waals surface area contributed by atoms with Crippen LogP contribution in [0.4, 0.5) is 0 Å². The molecule has 2 aliphatic rings. The van der Waals surface area contributed by atoms with E-state index in [2.05, 4.69) is 10.2 Å². The molecule has 0 aromatic carbocycles. The van der Waals surface area contributed by atoms with Crippen LogP contribution < -0.4 is 5.32 Å². The Hall–Kier alpha value is -0.120. The Labute approximate surface area is 93.2 Å². The first-order chi connectivity index (χ1) is 7.45. The second-order valence-corrected chi connectivity index (χ2v) is 4.79. The number of nitrogens with one attached hydrogen (secondary N) is 1. The molecule has 1 N–H and O–H groups in total. The molecule has 0 bridgehead atoms.